The predicted octanol–water partition coefficient (Wildman–Crippen LogP) is 4.03. The van der Waals surface area contributed by atoms with Gasteiger partial charge in [0.25, 0.3) is 5.91 Å². The summed E-state index contributed by atoms with van der Waals surface area (Å²) in [6, 6.07) is 7.20. The van der Waals surface area contributed by atoms with Gasteiger partial charge in [-0.3, -0.25) is 4.79 Å². The summed E-state index contributed by atoms with van der Waals surface area (Å²) >= 11 is 0. The number of hydrogen-bond acceptors (Lipinski definition) is 7. The highest BCUT2D eigenvalue weighted by Gasteiger charge is 2.34. The molecule has 9 nitrogen and oxygen atoms in total. The molecule has 2 aliphatic heterocycles. The van der Waals surface area contributed by atoms with E-state index >= 15 is 0 Å². The third-order valence-corrected chi connectivity index (χ3v) is 7.39. The van der Waals surface area contributed by atoms with Crippen LogP contribution < -0.4 is 20.9 Å². The number of fused-ring (bicyclic) bond motifs is 1. The number of carbonyl (C=O) groups excluding carboxylic acids is 1. The molecule has 11 heteroatoms. The number of nitrogens with zero attached hydrogens (tertiary/aromatic N) is 5. The molecule has 3 aromatic rings. The minimum absolute atomic E-state index is 0.0515. The number of amides is 1. The number of piperidine rings is 1. The van der Waals surface area contributed by atoms with Crippen LogP contribution in [0.3, 0.4) is 0 Å². The predicted molar refractivity (Wildman–Crippen MR) is 142 cm³/mol. The smallest absolute Gasteiger partial charge is 0.274 e. The van der Waals surface area contributed by atoms with Gasteiger partial charge in [-0.25, -0.2) is 23.3 Å². The summed E-state index contributed by atoms with van der Waals surface area (Å²) in [5, 5.41) is 14.0. The highest BCUT2D eigenvalue weighted by atomic mass is 19.1. The molecule has 198 valence electrons. The van der Waals surface area contributed by atoms with E-state index in [-0.39, 0.29) is 24.1 Å². The molecule has 0 saturated carbocycles. The minimum Gasteiger partial charge on any atom is -0.367 e. The van der Waals surface area contributed by atoms with E-state index in [1.165, 1.54) is 12.2 Å². The topological polar surface area (TPSA) is 99.5 Å². The lowest BCUT2D eigenvalue weighted by molar-refractivity contribution is 0.102. The van der Waals surface area contributed by atoms with E-state index in [0.29, 0.717) is 41.1 Å². The molecular weight excluding hydrogens is 490 g/mol. The second-order valence-electron chi connectivity index (χ2n) is 9.93. The van der Waals surface area contributed by atoms with Crippen LogP contribution in [-0.4, -0.2) is 63.4 Å². The molecule has 1 aliphatic carbocycles. The lowest BCUT2D eigenvalue weighted by atomic mass is 9.94. The van der Waals surface area contributed by atoms with Crippen LogP contribution in [0.5, 0.6) is 0 Å². The monoisotopic (exact) mass is 520 g/mol. The van der Waals surface area contributed by atoms with Gasteiger partial charge in [-0.1, -0.05) is 6.07 Å². The molecule has 5 heterocycles. The zero-order valence-corrected chi connectivity index (χ0v) is 20.9. The van der Waals surface area contributed by atoms with Gasteiger partial charge in [0.15, 0.2) is 5.65 Å². The number of halogens is 2. The largest absolute Gasteiger partial charge is 0.367 e. The number of carbonyl (C=O) groups is 1. The number of alkyl halides is 1. The third kappa shape index (κ3) is 4.98. The molecule has 0 aromatic carbocycles. The van der Waals surface area contributed by atoms with E-state index in [9.17, 15) is 13.6 Å². The number of aromatic nitrogens is 4. The van der Waals surface area contributed by atoms with Crippen LogP contribution >= 0.6 is 0 Å². The fraction of sp³-hybridized carbons (Fsp3) is 0.407. The Morgan fingerprint density at radius 1 is 1.13 bits per heavy atom. The lowest BCUT2D eigenvalue weighted by Crippen LogP contribution is -2.35. The average molecular weight is 521 g/mol. The van der Waals surface area contributed by atoms with Crippen molar-refractivity contribution >= 4 is 28.9 Å². The molecule has 3 aromatic heterocycles. The van der Waals surface area contributed by atoms with Crippen molar-refractivity contribution in [1.29, 1.82) is 0 Å². The van der Waals surface area contributed by atoms with Crippen LogP contribution in [0.25, 0.3) is 5.65 Å². The van der Waals surface area contributed by atoms with Crippen LogP contribution in [0.15, 0.2) is 60.2 Å². The third-order valence-electron chi connectivity index (χ3n) is 7.39. The van der Waals surface area contributed by atoms with Gasteiger partial charge in [0.2, 0.25) is 0 Å². The van der Waals surface area contributed by atoms with Gasteiger partial charge in [-0.05, 0) is 74.7 Å². The molecule has 0 spiro atoms. The number of allylic oxidation sites excluding steroid dienone is 3. The number of nitrogens with one attached hydrogen (secondary N) is 3. The first-order chi connectivity index (χ1) is 18.5. The SMILES string of the molecule is O=C(Nc1cnn2ccc(N3CCC[C@@H]3C3=CC(F)=CCC3F)nc12)c1cccc(NC2CCNCC2)n1. The van der Waals surface area contributed by atoms with E-state index in [1.807, 2.05) is 17.0 Å². The molecular formula is C27H30F2N8O. The summed E-state index contributed by atoms with van der Waals surface area (Å²) in [5.41, 5.74) is 1.65. The molecule has 3 aliphatic rings. The van der Waals surface area contributed by atoms with E-state index in [2.05, 4.69) is 26.0 Å². The van der Waals surface area contributed by atoms with Crippen LogP contribution in [0.2, 0.25) is 0 Å². The Labute approximate surface area is 219 Å². The summed E-state index contributed by atoms with van der Waals surface area (Å²) in [4.78, 5) is 24.4. The van der Waals surface area contributed by atoms with E-state index in [1.54, 1.807) is 29.0 Å². The first-order valence-corrected chi connectivity index (χ1v) is 13.1. The number of pyridine rings is 1. The number of rotatable bonds is 6. The van der Waals surface area contributed by atoms with Crippen molar-refractivity contribution in [3.8, 4) is 0 Å². The zero-order chi connectivity index (χ0) is 26.1. The van der Waals surface area contributed by atoms with Crippen molar-refractivity contribution in [2.75, 3.05) is 35.2 Å². The Balaban J connectivity index is 1.21. The number of hydrogen-bond donors (Lipinski definition) is 3. The Morgan fingerprint density at radius 3 is 2.87 bits per heavy atom. The Bertz CT molecular complexity index is 1400. The quantitative estimate of drug-likeness (QED) is 0.451. The molecule has 38 heavy (non-hydrogen) atoms. The first-order valence-electron chi connectivity index (χ1n) is 13.1. The maximum Gasteiger partial charge on any atom is 0.274 e. The maximum absolute atomic E-state index is 14.7. The van der Waals surface area contributed by atoms with E-state index < -0.39 is 12.0 Å². The molecule has 2 saturated heterocycles. The van der Waals surface area contributed by atoms with Gasteiger partial charge in [-0.15, -0.1) is 0 Å². The average Bonchev–Trinajstić information content (AvgIpc) is 3.58. The van der Waals surface area contributed by atoms with Crippen LogP contribution in [0, 0.1) is 0 Å². The van der Waals surface area contributed by atoms with Crippen LogP contribution in [0.1, 0.15) is 42.6 Å². The summed E-state index contributed by atoms with van der Waals surface area (Å²) in [5.74, 6) is 0.535. The molecule has 3 N–H and O–H groups in total. The van der Waals surface area contributed by atoms with Crippen LogP contribution in [0.4, 0.5) is 26.1 Å². The standard InChI is InChI=1S/C27H30F2N8O/c28-17-6-7-20(29)19(15-17)23-4-2-13-36(23)25-10-14-37-26(35-25)22(16-31-37)34-27(38)21-3-1-5-24(33-21)32-18-8-11-30-12-9-18/h1,3,5-6,10,14-16,18,20,23,30H,2,4,7-9,11-13H2,(H,32,33)(H,34,38)/t20?,23-/m1/s1. The first kappa shape index (κ1) is 24.5. The van der Waals surface area contributed by atoms with E-state index in [4.69, 9.17) is 4.98 Å². The van der Waals surface area contributed by atoms with Crippen LogP contribution in [-0.2, 0) is 0 Å². The highest BCUT2D eigenvalue weighted by molar-refractivity contribution is 6.04. The van der Waals surface area contributed by atoms with Gasteiger partial charge in [-0.2, -0.15) is 5.10 Å². The Hall–Kier alpha value is -3.86. The van der Waals surface area contributed by atoms with Gasteiger partial charge >= 0.3 is 0 Å². The molecule has 2 fully saturated rings. The number of anilines is 3. The van der Waals surface area contributed by atoms with Crippen molar-refractivity contribution in [2.24, 2.45) is 0 Å². The molecule has 0 bridgehead atoms. The summed E-state index contributed by atoms with van der Waals surface area (Å²) in [7, 11) is 0. The molecule has 6 rings (SSSR count). The van der Waals surface area contributed by atoms with Gasteiger partial charge in [0, 0.05) is 25.2 Å². The summed E-state index contributed by atoms with van der Waals surface area (Å²) in [6.07, 6.45) is 8.33. The normalized spacial score (nSPS) is 22.3. The Kier molecular flexibility index (Phi) is 6.75. The lowest BCUT2D eigenvalue weighted by Gasteiger charge is -2.30. The summed E-state index contributed by atoms with van der Waals surface area (Å²) < 4.78 is 30.2. The van der Waals surface area contributed by atoms with Crippen molar-refractivity contribution < 1.29 is 13.6 Å². The molecule has 0 radical (unpaired) electrons. The zero-order valence-electron chi connectivity index (χ0n) is 20.9. The van der Waals surface area contributed by atoms with Crippen molar-refractivity contribution in [1.82, 2.24) is 24.9 Å². The van der Waals surface area contributed by atoms with Crippen molar-refractivity contribution in [2.45, 2.75) is 50.4 Å². The van der Waals surface area contributed by atoms with Gasteiger partial charge in [0.05, 0.1) is 12.2 Å². The second-order valence-corrected chi connectivity index (χ2v) is 9.93. The Morgan fingerprint density at radius 2 is 2.00 bits per heavy atom. The molecule has 2 atom stereocenters. The fourth-order valence-corrected chi connectivity index (χ4v) is 5.46. The second kappa shape index (κ2) is 10.5. The van der Waals surface area contributed by atoms with Gasteiger partial charge in [0.1, 0.15) is 35.0 Å². The summed E-state index contributed by atoms with van der Waals surface area (Å²) in [6.45, 7) is 2.60. The maximum atomic E-state index is 14.7. The molecule has 1 amide bonds. The fourth-order valence-electron chi connectivity index (χ4n) is 5.46. The van der Waals surface area contributed by atoms with Crippen molar-refractivity contribution in [3.63, 3.8) is 0 Å². The minimum atomic E-state index is -1.21. The van der Waals surface area contributed by atoms with Gasteiger partial charge < -0.3 is 20.9 Å². The van der Waals surface area contributed by atoms with Crippen molar-refractivity contribution in [3.05, 3.63) is 65.9 Å². The van der Waals surface area contributed by atoms with E-state index in [0.717, 1.165) is 38.8 Å². The molecule has 1 unspecified atom stereocenters. The highest BCUT2D eigenvalue weighted by Crippen LogP contribution is 2.35.